The first-order valence-electron chi connectivity index (χ1n) is 5.88. The summed E-state index contributed by atoms with van der Waals surface area (Å²) in [6.07, 6.45) is 0.884. The number of nitrogens with one attached hydrogen (secondary N) is 1. The van der Waals surface area contributed by atoms with Gasteiger partial charge in [-0.1, -0.05) is 6.07 Å². The zero-order chi connectivity index (χ0) is 16.2. The second-order valence-electron chi connectivity index (χ2n) is 4.48. The molecule has 0 aliphatic rings. The second kappa shape index (κ2) is 6.64. The highest BCUT2D eigenvalue weighted by atomic mass is 32.2. The highest BCUT2D eigenvalue weighted by Gasteiger charge is 2.21. The van der Waals surface area contributed by atoms with Crippen LogP contribution in [0.2, 0.25) is 0 Å². The van der Waals surface area contributed by atoms with Gasteiger partial charge in [0.15, 0.2) is 0 Å². The molecule has 21 heavy (non-hydrogen) atoms. The van der Waals surface area contributed by atoms with Gasteiger partial charge in [-0.05, 0) is 18.6 Å². The molecule has 1 amide bonds. The molecule has 0 aromatic heterocycles. The number of rotatable bonds is 6. The largest absolute Gasteiger partial charge is 0.478 e. The zero-order valence-electron chi connectivity index (χ0n) is 11.2. The van der Waals surface area contributed by atoms with Crippen LogP contribution in [0.5, 0.6) is 0 Å². The van der Waals surface area contributed by atoms with Crippen molar-refractivity contribution in [2.24, 2.45) is 5.73 Å². The minimum absolute atomic E-state index is 0.123. The van der Waals surface area contributed by atoms with Crippen molar-refractivity contribution >= 4 is 27.4 Å². The topological polar surface area (TPSA) is 127 Å². The summed E-state index contributed by atoms with van der Waals surface area (Å²) in [5.41, 5.74) is 4.61. The number of hydrogen-bond donors (Lipinski definition) is 3. The van der Waals surface area contributed by atoms with Crippen LogP contribution in [0.3, 0.4) is 0 Å². The number of anilines is 1. The molecule has 116 valence electrons. The van der Waals surface area contributed by atoms with Crippen molar-refractivity contribution in [2.45, 2.75) is 12.5 Å². The number of sulfone groups is 1. The summed E-state index contributed by atoms with van der Waals surface area (Å²) in [4.78, 5) is 22.7. The Morgan fingerprint density at radius 3 is 2.57 bits per heavy atom. The van der Waals surface area contributed by atoms with Gasteiger partial charge in [-0.25, -0.2) is 17.6 Å². The lowest BCUT2D eigenvalue weighted by Crippen LogP contribution is -2.37. The van der Waals surface area contributed by atoms with E-state index < -0.39 is 39.1 Å². The molecule has 0 fully saturated rings. The third-order valence-electron chi connectivity index (χ3n) is 2.62. The molecule has 0 saturated carbocycles. The van der Waals surface area contributed by atoms with E-state index >= 15 is 0 Å². The first-order chi connectivity index (χ1) is 9.61. The molecule has 1 rings (SSSR count). The molecule has 0 spiro atoms. The summed E-state index contributed by atoms with van der Waals surface area (Å²) in [6.45, 7) is 0. The number of carboxylic acid groups (broad SMARTS) is 1. The van der Waals surface area contributed by atoms with E-state index in [1.54, 1.807) is 0 Å². The van der Waals surface area contributed by atoms with Crippen LogP contribution in [0.4, 0.5) is 10.1 Å². The van der Waals surface area contributed by atoms with Crippen molar-refractivity contribution in [3.05, 3.63) is 29.6 Å². The van der Waals surface area contributed by atoms with Crippen LogP contribution < -0.4 is 11.1 Å². The van der Waals surface area contributed by atoms with E-state index in [2.05, 4.69) is 5.32 Å². The van der Waals surface area contributed by atoms with Crippen LogP contribution in [0.15, 0.2) is 18.2 Å². The molecule has 0 radical (unpaired) electrons. The molecule has 0 saturated heterocycles. The van der Waals surface area contributed by atoms with Crippen LogP contribution in [0, 0.1) is 5.82 Å². The van der Waals surface area contributed by atoms with Gasteiger partial charge in [-0.3, -0.25) is 4.79 Å². The molecule has 7 nitrogen and oxygen atoms in total. The second-order valence-corrected chi connectivity index (χ2v) is 6.74. The molecule has 1 aromatic carbocycles. The smallest absolute Gasteiger partial charge is 0.340 e. The molecule has 0 heterocycles. The Balaban J connectivity index is 2.84. The Bertz CT molecular complexity index is 660. The summed E-state index contributed by atoms with van der Waals surface area (Å²) in [7, 11) is -3.27. The zero-order valence-corrected chi connectivity index (χ0v) is 12.0. The van der Waals surface area contributed by atoms with Crippen LogP contribution in [0.1, 0.15) is 16.8 Å². The molecular formula is C12H15FN2O5S. The van der Waals surface area contributed by atoms with Gasteiger partial charge in [0.05, 0.1) is 17.5 Å². The predicted octanol–water partition coefficient (Wildman–Crippen LogP) is 0.224. The lowest BCUT2D eigenvalue weighted by molar-refractivity contribution is -0.117. The van der Waals surface area contributed by atoms with Crippen molar-refractivity contribution in [3.8, 4) is 0 Å². The highest BCUT2D eigenvalue weighted by Crippen LogP contribution is 2.19. The molecular weight excluding hydrogens is 303 g/mol. The molecule has 9 heteroatoms. The number of amides is 1. The fraction of sp³-hybridized carbons (Fsp3) is 0.333. The summed E-state index contributed by atoms with van der Waals surface area (Å²) < 4.78 is 35.4. The lowest BCUT2D eigenvalue weighted by atomic mass is 10.1. The van der Waals surface area contributed by atoms with Crippen molar-refractivity contribution in [2.75, 3.05) is 17.3 Å². The minimum atomic E-state index is -3.27. The van der Waals surface area contributed by atoms with Crippen LogP contribution in [-0.4, -0.2) is 43.5 Å². The molecule has 0 bridgehead atoms. The SMILES string of the molecule is CS(=O)(=O)CCC(N)C(=O)Nc1cccc(F)c1C(=O)O. The Morgan fingerprint density at radius 2 is 2.05 bits per heavy atom. The molecule has 1 atom stereocenters. The number of carbonyl (C=O) groups is 2. The third kappa shape index (κ3) is 5.12. The normalized spacial score (nSPS) is 12.7. The van der Waals surface area contributed by atoms with Gasteiger partial charge >= 0.3 is 5.97 Å². The fourth-order valence-corrected chi connectivity index (χ4v) is 2.23. The van der Waals surface area contributed by atoms with Crippen molar-refractivity contribution in [1.82, 2.24) is 0 Å². The Hall–Kier alpha value is -2.00. The van der Waals surface area contributed by atoms with Gasteiger partial charge in [-0.15, -0.1) is 0 Å². The lowest BCUT2D eigenvalue weighted by Gasteiger charge is -2.13. The number of nitrogens with two attached hydrogens (primary N) is 1. The van der Waals surface area contributed by atoms with Gasteiger partial charge in [0.2, 0.25) is 5.91 Å². The monoisotopic (exact) mass is 318 g/mol. The Kier molecular flexibility index (Phi) is 5.39. The maximum atomic E-state index is 13.4. The van der Waals surface area contributed by atoms with E-state index in [9.17, 15) is 22.4 Å². The molecule has 4 N–H and O–H groups in total. The average molecular weight is 318 g/mol. The molecule has 0 aliphatic carbocycles. The number of carbonyl (C=O) groups excluding carboxylic acids is 1. The van der Waals surface area contributed by atoms with Crippen molar-refractivity contribution in [1.29, 1.82) is 0 Å². The number of halogens is 1. The summed E-state index contributed by atoms with van der Waals surface area (Å²) in [5.74, 6) is -3.60. The maximum Gasteiger partial charge on any atom is 0.340 e. The van der Waals surface area contributed by atoms with E-state index in [0.717, 1.165) is 12.3 Å². The van der Waals surface area contributed by atoms with E-state index in [-0.39, 0.29) is 17.9 Å². The summed E-state index contributed by atoms with van der Waals surface area (Å²) >= 11 is 0. The molecule has 1 unspecified atom stereocenters. The number of hydrogen-bond acceptors (Lipinski definition) is 5. The van der Waals surface area contributed by atoms with Crippen LogP contribution in [0.25, 0.3) is 0 Å². The average Bonchev–Trinajstić information content (AvgIpc) is 2.34. The van der Waals surface area contributed by atoms with Gasteiger partial charge in [-0.2, -0.15) is 0 Å². The van der Waals surface area contributed by atoms with Crippen molar-refractivity contribution < 1.29 is 27.5 Å². The van der Waals surface area contributed by atoms with E-state index in [1.807, 2.05) is 0 Å². The maximum absolute atomic E-state index is 13.4. The Morgan fingerprint density at radius 1 is 1.43 bits per heavy atom. The van der Waals surface area contributed by atoms with Crippen molar-refractivity contribution in [3.63, 3.8) is 0 Å². The van der Waals surface area contributed by atoms with Gasteiger partial charge in [0.25, 0.3) is 0 Å². The Labute approximate surface area is 120 Å². The van der Waals surface area contributed by atoms with Crippen LogP contribution in [-0.2, 0) is 14.6 Å². The number of benzene rings is 1. The van der Waals surface area contributed by atoms with Gasteiger partial charge in [0, 0.05) is 6.26 Å². The first kappa shape index (κ1) is 17.1. The fourth-order valence-electron chi connectivity index (χ4n) is 1.54. The van der Waals surface area contributed by atoms with E-state index in [1.165, 1.54) is 12.1 Å². The summed E-state index contributed by atoms with van der Waals surface area (Å²) in [5, 5.41) is 11.1. The number of aromatic carboxylic acids is 1. The van der Waals surface area contributed by atoms with Crippen LogP contribution >= 0.6 is 0 Å². The predicted molar refractivity (Wildman–Crippen MR) is 74.3 cm³/mol. The van der Waals surface area contributed by atoms with E-state index in [4.69, 9.17) is 10.8 Å². The highest BCUT2D eigenvalue weighted by molar-refractivity contribution is 7.90. The summed E-state index contributed by atoms with van der Waals surface area (Å²) in [6, 6.07) is 2.25. The van der Waals surface area contributed by atoms with Gasteiger partial charge < -0.3 is 16.2 Å². The standard InChI is InChI=1S/C12H15FN2O5S/c1-21(19,20)6-5-8(14)11(16)15-9-4-2-3-7(13)10(9)12(17)18/h2-4,8H,5-6,14H2,1H3,(H,15,16)(H,17,18). The minimum Gasteiger partial charge on any atom is -0.478 e. The third-order valence-corrected chi connectivity index (χ3v) is 3.60. The first-order valence-corrected chi connectivity index (χ1v) is 7.94. The number of carboxylic acids is 1. The quantitative estimate of drug-likeness (QED) is 0.689. The molecule has 0 aliphatic heterocycles. The van der Waals surface area contributed by atoms with Gasteiger partial charge in [0.1, 0.15) is 21.2 Å². The molecule has 1 aromatic rings. The van der Waals surface area contributed by atoms with E-state index in [0.29, 0.717) is 0 Å².